The number of carbonyl (C=O) groups is 1. The lowest BCUT2D eigenvalue weighted by Gasteiger charge is -2.09. The number of hydrogen-bond acceptors (Lipinski definition) is 3. The van der Waals surface area contributed by atoms with Gasteiger partial charge < -0.3 is 10.8 Å². The molecule has 1 amide bonds. The zero-order valence-electron chi connectivity index (χ0n) is 8.31. The Morgan fingerprint density at radius 1 is 1.38 bits per heavy atom. The summed E-state index contributed by atoms with van der Waals surface area (Å²) in [7, 11) is 0. The second-order valence-electron chi connectivity index (χ2n) is 3.21. The van der Waals surface area contributed by atoms with E-state index in [-0.39, 0.29) is 0 Å². The van der Waals surface area contributed by atoms with Crippen LogP contribution in [0.1, 0.15) is 0 Å². The summed E-state index contributed by atoms with van der Waals surface area (Å²) < 4.78 is 0. The zero-order valence-corrected chi connectivity index (χ0v) is 9.12. The van der Waals surface area contributed by atoms with Gasteiger partial charge in [-0.05, 0) is 28.5 Å². The van der Waals surface area contributed by atoms with Gasteiger partial charge in [0, 0.05) is 5.56 Å². The Labute approximate surface area is 96.3 Å². The lowest BCUT2D eigenvalue weighted by Crippen LogP contribution is -2.09. The van der Waals surface area contributed by atoms with Crippen LogP contribution in [0.4, 0.5) is 16.2 Å². The van der Waals surface area contributed by atoms with Gasteiger partial charge in [0.1, 0.15) is 0 Å². The van der Waals surface area contributed by atoms with E-state index in [2.05, 4.69) is 5.32 Å². The van der Waals surface area contributed by atoms with Crippen LogP contribution in [0, 0.1) is 0 Å². The number of nitrogens with one attached hydrogen (secondary N) is 1. The van der Waals surface area contributed by atoms with Crippen molar-refractivity contribution in [2.24, 2.45) is 0 Å². The molecule has 0 saturated carbocycles. The van der Waals surface area contributed by atoms with Crippen LogP contribution in [-0.2, 0) is 0 Å². The predicted octanol–water partition coefficient (Wildman–Crippen LogP) is 3.09. The van der Waals surface area contributed by atoms with Crippen LogP contribution in [0.5, 0.6) is 0 Å². The van der Waals surface area contributed by atoms with E-state index in [0.717, 1.165) is 11.1 Å². The minimum atomic E-state index is -1.12. The van der Waals surface area contributed by atoms with Gasteiger partial charge in [0.25, 0.3) is 0 Å². The van der Waals surface area contributed by atoms with E-state index >= 15 is 0 Å². The number of hydrogen-bond donors (Lipinski definition) is 3. The molecule has 2 aromatic rings. The van der Waals surface area contributed by atoms with Crippen molar-refractivity contribution in [2.75, 3.05) is 11.1 Å². The summed E-state index contributed by atoms with van der Waals surface area (Å²) in [5.41, 5.74) is 8.60. The van der Waals surface area contributed by atoms with Crippen LogP contribution >= 0.6 is 11.3 Å². The van der Waals surface area contributed by atoms with Crippen molar-refractivity contribution >= 4 is 28.8 Å². The maximum Gasteiger partial charge on any atom is 0.409 e. The maximum absolute atomic E-state index is 10.6. The summed E-state index contributed by atoms with van der Waals surface area (Å²) in [4.78, 5) is 10.6. The average molecular weight is 234 g/mol. The summed E-state index contributed by atoms with van der Waals surface area (Å²) in [5, 5.41) is 14.8. The molecule has 4 nitrogen and oxygen atoms in total. The van der Waals surface area contributed by atoms with Crippen LogP contribution in [0.2, 0.25) is 0 Å². The largest absolute Gasteiger partial charge is 0.465 e. The summed E-state index contributed by atoms with van der Waals surface area (Å²) in [6.45, 7) is 0. The molecule has 4 N–H and O–H groups in total. The molecule has 0 unspecified atom stereocenters. The van der Waals surface area contributed by atoms with Gasteiger partial charge in [0.05, 0.1) is 11.4 Å². The van der Waals surface area contributed by atoms with E-state index in [4.69, 9.17) is 10.8 Å². The zero-order chi connectivity index (χ0) is 11.5. The fourth-order valence-electron chi connectivity index (χ4n) is 1.46. The first-order chi connectivity index (χ1) is 7.68. The van der Waals surface area contributed by atoms with E-state index in [0.29, 0.717) is 11.4 Å². The first-order valence-corrected chi connectivity index (χ1v) is 5.54. The lowest BCUT2D eigenvalue weighted by atomic mass is 10.1. The number of benzene rings is 1. The van der Waals surface area contributed by atoms with Gasteiger partial charge in [0.15, 0.2) is 0 Å². The van der Waals surface area contributed by atoms with Crippen molar-refractivity contribution in [3.63, 3.8) is 0 Å². The molecule has 0 bridgehead atoms. The highest BCUT2D eigenvalue weighted by molar-refractivity contribution is 7.08. The fourth-order valence-corrected chi connectivity index (χ4v) is 2.11. The number of para-hydroxylation sites is 1. The molecule has 0 aliphatic heterocycles. The average Bonchev–Trinajstić information content (AvgIpc) is 2.73. The first-order valence-electron chi connectivity index (χ1n) is 4.59. The molecule has 0 fully saturated rings. The molecular weight excluding hydrogens is 224 g/mol. The standard InChI is InChI=1S/C11H10N2O2S/c12-10-8(7-4-5-16-6-7)2-1-3-9(10)13-11(14)15/h1-6,13H,12H2,(H,14,15). The third-order valence-corrected chi connectivity index (χ3v) is 2.86. The van der Waals surface area contributed by atoms with Crippen LogP contribution < -0.4 is 11.1 Å². The topological polar surface area (TPSA) is 75.3 Å². The minimum Gasteiger partial charge on any atom is -0.465 e. The number of nitrogens with two attached hydrogens (primary N) is 1. The Balaban J connectivity index is 2.45. The summed E-state index contributed by atoms with van der Waals surface area (Å²) >= 11 is 1.57. The van der Waals surface area contributed by atoms with E-state index in [1.54, 1.807) is 23.5 Å². The second kappa shape index (κ2) is 4.24. The van der Waals surface area contributed by atoms with E-state index in [1.165, 1.54) is 0 Å². The van der Waals surface area contributed by atoms with Gasteiger partial charge in [-0.1, -0.05) is 12.1 Å². The molecule has 0 atom stereocenters. The highest BCUT2D eigenvalue weighted by Crippen LogP contribution is 2.32. The smallest absolute Gasteiger partial charge is 0.409 e. The number of nitrogen functional groups attached to an aromatic ring is 1. The number of amides is 1. The Morgan fingerprint density at radius 3 is 2.81 bits per heavy atom. The molecule has 1 heterocycles. The normalized spacial score (nSPS) is 10.0. The molecule has 1 aromatic carbocycles. The van der Waals surface area contributed by atoms with E-state index in [1.807, 2.05) is 22.9 Å². The Morgan fingerprint density at radius 2 is 2.19 bits per heavy atom. The summed E-state index contributed by atoms with van der Waals surface area (Å²) in [6, 6.07) is 7.22. The first kappa shape index (κ1) is 10.5. The van der Waals surface area contributed by atoms with Gasteiger partial charge in [-0.25, -0.2) is 4.79 Å². The highest BCUT2D eigenvalue weighted by Gasteiger charge is 2.08. The molecule has 5 heteroatoms. The van der Waals surface area contributed by atoms with E-state index < -0.39 is 6.09 Å². The van der Waals surface area contributed by atoms with Gasteiger partial charge in [-0.2, -0.15) is 11.3 Å². The summed E-state index contributed by atoms with van der Waals surface area (Å²) in [6.07, 6.45) is -1.12. The third kappa shape index (κ3) is 1.99. The predicted molar refractivity (Wildman–Crippen MR) is 65.8 cm³/mol. The third-order valence-electron chi connectivity index (χ3n) is 2.18. The number of carboxylic acid groups (broad SMARTS) is 1. The molecule has 1 aromatic heterocycles. The molecule has 16 heavy (non-hydrogen) atoms. The Bertz CT molecular complexity index is 509. The molecule has 82 valence electrons. The second-order valence-corrected chi connectivity index (χ2v) is 3.99. The fraction of sp³-hybridized carbons (Fsp3) is 0. The SMILES string of the molecule is Nc1c(NC(=O)O)cccc1-c1ccsc1. The molecule has 0 aliphatic rings. The minimum absolute atomic E-state index is 0.413. The summed E-state index contributed by atoms with van der Waals surface area (Å²) in [5.74, 6) is 0. The Kier molecular flexibility index (Phi) is 2.78. The quantitative estimate of drug-likeness (QED) is 0.699. The van der Waals surface area contributed by atoms with Crippen LogP contribution in [0.25, 0.3) is 11.1 Å². The van der Waals surface area contributed by atoms with Crippen molar-refractivity contribution in [2.45, 2.75) is 0 Å². The molecular formula is C11H10N2O2S. The van der Waals surface area contributed by atoms with E-state index in [9.17, 15) is 4.79 Å². The van der Waals surface area contributed by atoms with Gasteiger partial charge >= 0.3 is 6.09 Å². The number of rotatable bonds is 2. The van der Waals surface area contributed by atoms with Crippen molar-refractivity contribution in [1.29, 1.82) is 0 Å². The van der Waals surface area contributed by atoms with Crippen molar-refractivity contribution in [3.8, 4) is 11.1 Å². The monoisotopic (exact) mass is 234 g/mol. The lowest BCUT2D eigenvalue weighted by molar-refractivity contribution is 0.210. The maximum atomic E-state index is 10.6. The molecule has 2 rings (SSSR count). The van der Waals surface area contributed by atoms with Gasteiger partial charge in [0.2, 0.25) is 0 Å². The van der Waals surface area contributed by atoms with Crippen LogP contribution in [-0.4, -0.2) is 11.2 Å². The molecule has 0 saturated heterocycles. The van der Waals surface area contributed by atoms with Crippen molar-refractivity contribution in [1.82, 2.24) is 0 Å². The highest BCUT2D eigenvalue weighted by atomic mass is 32.1. The Hall–Kier alpha value is -2.01. The molecule has 0 aliphatic carbocycles. The van der Waals surface area contributed by atoms with Gasteiger partial charge in [-0.3, -0.25) is 5.32 Å². The van der Waals surface area contributed by atoms with Crippen molar-refractivity contribution in [3.05, 3.63) is 35.0 Å². The number of thiophene rings is 1. The van der Waals surface area contributed by atoms with Crippen LogP contribution in [0.15, 0.2) is 35.0 Å². The molecule has 0 radical (unpaired) electrons. The van der Waals surface area contributed by atoms with Crippen LogP contribution in [0.3, 0.4) is 0 Å². The van der Waals surface area contributed by atoms with Gasteiger partial charge in [-0.15, -0.1) is 0 Å². The van der Waals surface area contributed by atoms with Crippen molar-refractivity contribution < 1.29 is 9.90 Å². The number of anilines is 2. The molecule has 0 spiro atoms.